The molecule has 5 rings (SSSR count). The molecule has 3 amide bonds. The van der Waals surface area contributed by atoms with Gasteiger partial charge in [0.25, 0.3) is 0 Å². The molecule has 1 unspecified atom stereocenters. The number of hydrogen-bond acceptors (Lipinski definition) is 8. The summed E-state index contributed by atoms with van der Waals surface area (Å²) >= 11 is 0. The van der Waals surface area contributed by atoms with E-state index >= 15 is 0 Å². The second-order valence-electron chi connectivity index (χ2n) is 14.9. The summed E-state index contributed by atoms with van der Waals surface area (Å²) in [6, 6.07) is 14.8. The number of nitrogens with one attached hydrogen (secondary N) is 2. The van der Waals surface area contributed by atoms with Crippen LogP contribution in [0, 0.1) is 11.3 Å². The van der Waals surface area contributed by atoms with Gasteiger partial charge in [0.1, 0.15) is 35.0 Å². The molecule has 2 aromatic carbocycles. The van der Waals surface area contributed by atoms with E-state index in [0.717, 1.165) is 5.56 Å². The molecule has 2 fully saturated rings. The number of carbonyl (C=O) groups excluding carboxylic acids is 3. The van der Waals surface area contributed by atoms with E-state index in [2.05, 4.69) is 17.2 Å². The van der Waals surface area contributed by atoms with Gasteiger partial charge >= 0.3 is 12.1 Å². The first-order chi connectivity index (χ1) is 23.5. The van der Waals surface area contributed by atoms with E-state index in [1.807, 2.05) is 60.7 Å². The van der Waals surface area contributed by atoms with E-state index in [4.69, 9.17) is 19.4 Å². The zero-order valence-electron chi connectivity index (χ0n) is 29.3. The summed E-state index contributed by atoms with van der Waals surface area (Å²) in [4.78, 5) is 64.4. The molecule has 5 atom stereocenters. The Morgan fingerprint density at radius 1 is 0.980 bits per heavy atom. The van der Waals surface area contributed by atoms with Crippen molar-refractivity contribution in [2.24, 2.45) is 11.3 Å². The summed E-state index contributed by atoms with van der Waals surface area (Å²) in [5.41, 5.74) is -0.456. The molecule has 1 aromatic heterocycles. The van der Waals surface area contributed by atoms with Crippen LogP contribution >= 0.6 is 0 Å². The largest absolute Gasteiger partial charge is 0.479 e. The van der Waals surface area contributed by atoms with E-state index in [0.29, 0.717) is 16.7 Å². The first kappa shape index (κ1) is 36.0. The Morgan fingerprint density at radius 3 is 2.20 bits per heavy atom. The second kappa shape index (κ2) is 13.9. The number of carboxylic acid groups (broad SMARTS) is 1. The molecule has 50 heavy (non-hydrogen) atoms. The molecule has 2 heterocycles. The number of rotatable bonds is 10. The Balaban J connectivity index is 1.48. The lowest BCUT2D eigenvalue weighted by Gasteiger charge is -2.35. The number of fused-ring (bicyclic) bond motifs is 1. The minimum atomic E-state index is -1.51. The summed E-state index contributed by atoms with van der Waals surface area (Å²) in [6.45, 7) is 14.2. The highest BCUT2D eigenvalue weighted by Gasteiger charge is 2.61. The summed E-state index contributed by atoms with van der Waals surface area (Å²) in [7, 11) is 0. The third-order valence-electron chi connectivity index (χ3n) is 8.72. The molecule has 12 heteroatoms. The smallest absolute Gasteiger partial charge is 0.408 e. The number of benzene rings is 2. The van der Waals surface area contributed by atoms with Crippen LogP contribution in [0.15, 0.2) is 67.3 Å². The Kier molecular flexibility index (Phi) is 10.0. The van der Waals surface area contributed by atoms with Crippen LogP contribution in [0.25, 0.3) is 23.2 Å². The topological polar surface area (TPSA) is 160 Å². The third-order valence-corrected chi connectivity index (χ3v) is 8.72. The predicted molar refractivity (Wildman–Crippen MR) is 189 cm³/mol. The van der Waals surface area contributed by atoms with Crippen molar-refractivity contribution in [3.05, 3.63) is 78.5 Å². The van der Waals surface area contributed by atoms with Gasteiger partial charge in [-0.3, -0.25) is 9.59 Å². The van der Waals surface area contributed by atoms with Crippen molar-refractivity contribution in [1.29, 1.82) is 0 Å². The first-order valence-electron chi connectivity index (χ1n) is 16.7. The first-order valence-corrected chi connectivity index (χ1v) is 16.7. The Labute approximate surface area is 292 Å². The third kappa shape index (κ3) is 8.12. The number of ether oxygens (including phenoxy) is 2. The fourth-order valence-corrected chi connectivity index (χ4v) is 6.02. The normalized spacial score (nSPS) is 22.5. The molecule has 2 aliphatic rings. The molecule has 0 spiro atoms. The van der Waals surface area contributed by atoms with E-state index < -0.39 is 64.5 Å². The SMILES string of the molecule is C=C[C@@H]1CC1(NC(=O)[C@@H]1C[C@@H](Oc2nc3ccccc3nc2/C=C/c2ccccc2)CN1C(=O)[C@@H](NC(=O)OC(C)(C)C)C(C)(C)C)C(=O)O. The number of hydrogen-bond donors (Lipinski definition) is 3. The molecule has 264 valence electrons. The number of para-hydroxylation sites is 2. The molecule has 3 aromatic rings. The molecular formula is C38H45N5O7. The highest BCUT2D eigenvalue weighted by molar-refractivity contribution is 5.96. The standard InChI is InChI=1S/C38H45N5O7/c1-8-24-21-38(24,34(46)47)42-31(44)29-20-25(22-43(29)33(45)30(36(2,3)4)41-35(48)50-37(5,6)7)49-32-28(19-18-23-14-10-9-11-15-23)39-26-16-12-13-17-27(26)40-32/h8-19,24-25,29-30H,1,20-22H2,2-7H3,(H,41,48)(H,42,44)(H,46,47)/b19-18+/t24-,25-,29+,30-,38?/m1/s1. The lowest BCUT2D eigenvalue weighted by atomic mass is 9.85. The number of carboxylic acids is 1. The van der Waals surface area contributed by atoms with Gasteiger partial charge in [-0.1, -0.05) is 75.4 Å². The highest BCUT2D eigenvalue weighted by Crippen LogP contribution is 2.45. The van der Waals surface area contributed by atoms with Crippen LogP contribution in [-0.2, 0) is 19.1 Å². The molecule has 0 radical (unpaired) electrons. The maximum atomic E-state index is 14.4. The van der Waals surface area contributed by atoms with Gasteiger partial charge in [0.15, 0.2) is 0 Å². The number of carbonyl (C=O) groups is 4. The maximum absolute atomic E-state index is 14.4. The van der Waals surface area contributed by atoms with Crippen LogP contribution in [0.5, 0.6) is 5.88 Å². The average Bonchev–Trinajstić information content (AvgIpc) is 3.61. The molecule has 1 saturated heterocycles. The summed E-state index contributed by atoms with van der Waals surface area (Å²) in [5, 5.41) is 15.4. The quantitative estimate of drug-likeness (QED) is 0.243. The van der Waals surface area contributed by atoms with E-state index in [1.54, 1.807) is 47.6 Å². The average molecular weight is 684 g/mol. The van der Waals surface area contributed by atoms with Gasteiger partial charge in [0.05, 0.1) is 17.6 Å². The molecule has 3 N–H and O–H groups in total. The zero-order chi connectivity index (χ0) is 36.4. The number of amides is 3. The van der Waals surface area contributed by atoms with Gasteiger partial charge in [-0.2, -0.15) is 0 Å². The number of alkyl carbamates (subject to hydrolysis) is 1. The van der Waals surface area contributed by atoms with Gasteiger partial charge in [0, 0.05) is 12.3 Å². The minimum Gasteiger partial charge on any atom is -0.479 e. The van der Waals surface area contributed by atoms with Crippen molar-refractivity contribution in [2.45, 2.75) is 83.7 Å². The van der Waals surface area contributed by atoms with Gasteiger partial charge in [-0.15, -0.1) is 6.58 Å². The number of nitrogens with zero attached hydrogens (tertiary/aromatic N) is 3. The summed E-state index contributed by atoms with van der Waals surface area (Å²) in [5.74, 6) is -2.60. The fraction of sp³-hybridized carbons (Fsp3) is 0.421. The van der Waals surface area contributed by atoms with Crippen molar-refractivity contribution >= 4 is 47.1 Å². The van der Waals surface area contributed by atoms with Crippen molar-refractivity contribution in [1.82, 2.24) is 25.5 Å². The van der Waals surface area contributed by atoms with Crippen LogP contribution in [0.1, 0.15) is 65.6 Å². The fourth-order valence-electron chi connectivity index (χ4n) is 6.02. The summed E-state index contributed by atoms with van der Waals surface area (Å²) in [6.07, 6.45) is 3.90. The number of aliphatic carboxylic acids is 1. The number of likely N-dealkylation sites (tertiary alicyclic amines) is 1. The van der Waals surface area contributed by atoms with Crippen molar-refractivity contribution in [2.75, 3.05) is 6.54 Å². The van der Waals surface area contributed by atoms with Crippen LogP contribution < -0.4 is 15.4 Å². The number of aromatic nitrogens is 2. The molecule has 0 bridgehead atoms. The molecular weight excluding hydrogens is 638 g/mol. The van der Waals surface area contributed by atoms with E-state index in [-0.39, 0.29) is 25.3 Å². The van der Waals surface area contributed by atoms with Crippen LogP contribution in [0.2, 0.25) is 0 Å². The lowest BCUT2D eigenvalue weighted by Crippen LogP contribution is -2.59. The van der Waals surface area contributed by atoms with Crippen molar-refractivity contribution in [3.63, 3.8) is 0 Å². The monoisotopic (exact) mass is 683 g/mol. The second-order valence-corrected chi connectivity index (χ2v) is 14.9. The predicted octanol–water partition coefficient (Wildman–Crippen LogP) is 5.23. The van der Waals surface area contributed by atoms with E-state index in [1.165, 1.54) is 11.0 Å². The van der Waals surface area contributed by atoms with Gasteiger partial charge < -0.3 is 30.1 Å². The molecule has 1 aliphatic carbocycles. The Hall–Kier alpha value is -5.26. The Morgan fingerprint density at radius 2 is 1.62 bits per heavy atom. The van der Waals surface area contributed by atoms with Gasteiger partial charge in [-0.05, 0) is 56.4 Å². The molecule has 12 nitrogen and oxygen atoms in total. The summed E-state index contributed by atoms with van der Waals surface area (Å²) < 4.78 is 11.9. The highest BCUT2D eigenvalue weighted by atomic mass is 16.6. The minimum absolute atomic E-state index is 0.0334. The zero-order valence-corrected chi connectivity index (χ0v) is 29.3. The van der Waals surface area contributed by atoms with Crippen LogP contribution in [0.3, 0.4) is 0 Å². The van der Waals surface area contributed by atoms with Crippen LogP contribution in [-0.4, -0.2) is 79.7 Å². The lowest BCUT2D eigenvalue weighted by molar-refractivity contribution is -0.146. The Bertz CT molecular complexity index is 1810. The van der Waals surface area contributed by atoms with Gasteiger partial charge in [-0.25, -0.2) is 19.6 Å². The van der Waals surface area contributed by atoms with Crippen molar-refractivity contribution in [3.8, 4) is 5.88 Å². The van der Waals surface area contributed by atoms with Gasteiger partial charge in [0.2, 0.25) is 17.7 Å². The molecule has 1 saturated carbocycles. The van der Waals surface area contributed by atoms with E-state index in [9.17, 15) is 24.3 Å². The molecule has 1 aliphatic heterocycles. The maximum Gasteiger partial charge on any atom is 0.408 e. The van der Waals surface area contributed by atoms with Crippen LogP contribution in [0.4, 0.5) is 4.79 Å². The van der Waals surface area contributed by atoms with Crippen molar-refractivity contribution < 1.29 is 33.8 Å².